The van der Waals surface area contributed by atoms with Crippen LogP contribution in [0.3, 0.4) is 0 Å². The molecule has 3 rings (SSSR count). The Morgan fingerprint density at radius 2 is 2.22 bits per heavy atom. The average Bonchev–Trinajstić information content (AvgIpc) is 2.38. The summed E-state index contributed by atoms with van der Waals surface area (Å²) in [6, 6.07) is 6.55. The molecule has 0 saturated carbocycles. The number of hydrogen-bond acceptors (Lipinski definition) is 3. The predicted octanol–water partition coefficient (Wildman–Crippen LogP) is 1.57. The second kappa shape index (κ2) is 3.97. The van der Waals surface area contributed by atoms with Crippen LogP contribution in [0.15, 0.2) is 18.2 Å². The number of fused-ring (bicyclic) bond motifs is 4. The molecule has 1 unspecified atom stereocenters. The molecule has 0 spiro atoms. The number of benzene rings is 1. The Labute approximate surface area is 108 Å². The molecule has 0 radical (unpaired) electrons. The minimum atomic E-state index is -0.282. The molecule has 98 valence electrons. The fourth-order valence-electron chi connectivity index (χ4n) is 3.57. The quantitative estimate of drug-likeness (QED) is 0.817. The Bertz CT molecular complexity index is 474. The zero-order chi connectivity index (χ0) is 12.9. The van der Waals surface area contributed by atoms with E-state index in [1.165, 1.54) is 11.1 Å². The summed E-state index contributed by atoms with van der Waals surface area (Å²) in [6.07, 6.45) is 1.66. The molecule has 1 N–H and O–H groups in total. The Hall–Kier alpha value is -1.06. The Morgan fingerprint density at radius 3 is 2.94 bits per heavy atom. The van der Waals surface area contributed by atoms with Crippen molar-refractivity contribution in [2.24, 2.45) is 0 Å². The van der Waals surface area contributed by atoms with E-state index in [1.807, 2.05) is 6.07 Å². The second-order valence-corrected chi connectivity index (χ2v) is 5.89. The van der Waals surface area contributed by atoms with Crippen molar-refractivity contribution in [1.82, 2.24) is 4.90 Å². The molecular weight excluding hydrogens is 226 g/mol. The first-order valence-electron chi connectivity index (χ1n) is 6.62. The Balaban J connectivity index is 2.13. The maximum absolute atomic E-state index is 10.6. The second-order valence-electron chi connectivity index (χ2n) is 5.89. The molecule has 3 atom stereocenters. The number of likely N-dealkylation sites (tertiary alicyclic amines) is 1. The van der Waals surface area contributed by atoms with E-state index in [-0.39, 0.29) is 17.6 Å². The maximum atomic E-state index is 10.6. The summed E-state index contributed by atoms with van der Waals surface area (Å²) in [4.78, 5) is 2.29. The molecule has 0 amide bonds. The molecule has 0 aromatic heterocycles. The van der Waals surface area contributed by atoms with Crippen molar-refractivity contribution >= 4 is 0 Å². The van der Waals surface area contributed by atoms with Gasteiger partial charge in [0, 0.05) is 11.5 Å². The zero-order valence-electron chi connectivity index (χ0n) is 11.3. The van der Waals surface area contributed by atoms with Crippen LogP contribution in [0, 0.1) is 0 Å². The fourth-order valence-corrected chi connectivity index (χ4v) is 3.57. The zero-order valence-corrected chi connectivity index (χ0v) is 11.3. The summed E-state index contributed by atoms with van der Waals surface area (Å²) in [6.45, 7) is 3.24. The van der Waals surface area contributed by atoms with E-state index in [0.29, 0.717) is 0 Å². The van der Waals surface area contributed by atoms with Gasteiger partial charge >= 0.3 is 0 Å². The smallest absolute Gasteiger partial charge is 0.119 e. The van der Waals surface area contributed by atoms with Gasteiger partial charge in [0.1, 0.15) is 5.75 Å². The van der Waals surface area contributed by atoms with Gasteiger partial charge in [-0.2, -0.15) is 0 Å². The number of likely N-dealkylation sites (N-methyl/N-ethyl adjacent to an activating group) is 1. The van der Waals surface area contributed by atoms with Gasteiger partial charge in [-0.25, -0.2) is 0 Å². The Kier molecular flexibility index (Phi) is 2.65. The van der Waals surface area contributed by atoms with Crippen LogP contribution in [0.25, 0.3) is 0 Å². The molecule has 1 aromatic rings. The average molecular weight is 247 g/mol. The summed E-state index contributed by atoms with van der Waals surface area (Å²) in [7, 11) is 3.81. The normalized spacial score (nSPS) is 35.1. The summed E-state index contributed by atoms with van der Waals surface area (Å²) in [5.74, 6) is 0.888. The van der Waals surface area contributed by atoms with Crippen molar-refractivity contribution in [3.63, 3.8) is 0 Å². The van der Waals surface area contributed by atoms with E-state index in [1.54, 1.807) is 7.11 Å². The molecule has 1 saturated heterocycles. The number of aliphatic hydroxyl groups is 1. The summed E-state index contributed by atoms with van der Waals surface area (Å²) in [5, 5.41) is 10.6. The molecule has 1 heterocycles. The third-order valence-electron chi connectivity index (χ3n) is 4.93. The number of rotatable bonds is 1. The lowest BCUT2D eigenvalue weighted by Gasteiger charge is -2.52. The van der Waals surface area contributed by atoms with E-state index < -0.39 is 0 Å². The van der Waals surface area contributed by atoms with Crippen LogP contribution in [-0.4, -0.2) is 42.9 Å². The summed E-state index contributed by atoms with van der Waals surface area (Å²) in [5.41, 5.74) is 2.51. The van der Waals surface area contributed by atoms with Crippen molar-refractivity contribution in [3.05, 3.63) is 29.3 Å². The molecule has 1 aliphatic carbocycles. The molecule has 18 heavy (non-hydrogen) atoms. The number of ether oxygens (including phenoxy) is 1. The lowest BCUT2D eigenvalue weighted by atomic mass is 9.63. The highest BCUT2D eigenvalue weighted by atomic mass is 16.5. The van der Waals surface area contributed by atoms with Gasteiger partial charge in [0.15, 0.2) is 0 Å². The molecule has 1 aromatic carbocycles. The van der Waals surface area contributed by atoms with Gasteiger partial charge in [0.2, 0.25) is 0 Å². The first-order valence-corrected chi connectivity index (χ1v) is 6.62. The van der Waals surface area contributed by atoms with Gasteiger partial charge in [-0.05, 0) is 49.7 Å². The van der Waals surface area contributed by atoms with Crippen molar-refractivity contribution in [2.75, 3.05) is 20.7 Å². The highest BCUT2D eigenvalue weighted by Crippen LogP contribution is 2.45. The van der Waals surface area contributed by atoms with Gasteiger partial charge in [-0.3, -0.25) is 0 Å². The van der Waals surface area contributed by atoms with E-state index in [4.69, 9.17) is 4.74 Å². The summed E-state index contributed by atoms with van der Waals surface area (Å²) >= 11 is 0. The lowest BCUT2D eigenvalue weighted by molar-refractivity contribution is -0.0407. The number of hydrogen-bond donors (Lipinski definition) is 1. The Morgan fingerprint density at radius 1 is 1.44 bits per heavy atom. The van der Waals surface area contributed by atoms with Crippen LogP contribution in [0.4, 0.5) is 0 Å². The van der Waals surface area contributed by atoms with E-state index >= 15 is 0 Å². The van der Waals surface area contributed by atoms with Gasteiger partial charge in [0.25, 0.3) is 0 Å². The molecule has 3 nitrogen and oxygen atoms in total. The number of methoxy groups -OCH3 is 1. The van der Waals surface area contributed by atoms with Crippen LogP contribution in [-0.2, 0) is 11.8 Å². The van der Waals surface area contributed by atoms with Crippen molar-refractivity contribution in [2.45, 2.75) is 37.3 Å². The monoisotopic (exact) mass is 247 g/mol. The standard InChI is InChI=1S/C15H21NO2/c1-15-6-7-16(2)13(14(15)17)8-10-4-5-11(18-3)9-12(10)15/h4-5,9,13-14,17H,6-8H2,1-3H3/t13?,14-,15+/m0/s1. The third-order valence-corrected chi connectivity index (χ3v) is 4.93. The molecule has 1 fully saturated rings. The highest BCUT2D eigenvalue weighted by molar-refractivity contribution is 5.45. The van der Waals surface area contributed by atoms with E-state index in [0.717, 1.165) is 25.1 Å². The summed E-state index contributed by atoms with van der Waals surface area (Å²) < 4.78 is 5.33. The van der Waals surface area contributed by atoms with Crippen LogP contribution >= 0.6 is 0 Å². The minimum absolute atomic E-state index is 0.126. The van der Waals surface area contributed by atoms with Crippen LogP contribution in [0.2, 0.25) is 0 Å². The molecule has 2 aliphatic rings. The van der Waals surface area contributed by atoms with Gasteiger partial charge in [-0.1, -0.05) is 13.0 Å². The lowest BCUT2D eigenvalue weighted by Crippen LogP contribution is -2.61. The van der Waals surface area contributed by atoms with Crippen LogP contribution < -0.4 is 4.74 Å². The fraction of sp³-hybridized carbons (Fsp3) is 0.600. The van der Waals surface area contributed by atoms with Crippen molar-refractivity contribution in [1.29, 1.82) is 0 Å². The van der Waals surface area contributed by atoms with Gasteiger partial charge in [0.05, 0.1) is 13.2 Å². The van der Waals surface area contributed by atoms with Gasteiger partial charge in [-0.15, -0.1) is 0 Å². The molecule has 3 heteroatoms. The topological polar surface area (TPSA) is 32.7 Å². The third kappa shape index (κ3) is 1.50. The first-order chi connectivity index (χ1) is 8.56. The number of piperidine rings is 1. The van der Waals surface area contributed by atoms with Crippen molar-refractivity contribution in [3.8, 4) is 5.75 Å². The van der Waals surface area contributed by atoms with Gasteiger partial charge < -0.3 is 14.7 Å². The number of nitrogens with zero attached hydrogens (tertiary/aromatic N) is 1. The largest absolute Gasteiger partial charge is 0.497 e. The van der Waals surface area contributed by atoms with Crippen LogP contribution in [0.5, 0.6) is 5.75 Å². The van der Waals surface area contributed by atoms with Crippen LogP contribution in [0.1, 0.15) is 24.5 Å². The van der Waals surface area contributed by atoms with E-state index in [9.17, 15) is 5.11 Å². The number of aliphatic hydroxyl groups excluding tert-OH is 1. The maximum Gasteiger partial charge on any atom is 0.119 e. The van der Waals surface area contributed by atoms with E-state index in [2.05, 4.69) is 31.0 Å². The predicted molar refractivity (Wildman–Crippen MR) is 71.1 cm³/mol. The van der Waals surface area contributed by atoms with Crippen molar-refractivity contribution < 1.29 is 9.84 Å². The SMILES string of the molecule is COc1ccc2c(c1)[C@@]1(C)CCN(C)C(C2)[C@@H]1O. The minimum Gasteiger partial charge on any atom is -0.497 e. The molecular formula is C15H21NO2. The first kappa shape index (κ1) is 12.0. The molecule has 2 bridgehead atoms. The molecule has 1 aliphatic heterocycles. The highest BCUT2D eigenvalue weighted by Gasteiger charge is 2.49.